The Balaban J connectivity index is 1.19. The standard InChI is InChI=1S/C26H37N5O3/c1-28-17-21(24-22(18-28)26(34)31(27-24)20-9-3-2-4-10-20)25(33)30-15-13-29(14-16-30)23(32)12-11-19-7-5-6-8-19/h2-4,9-10,19,21-22,24,27H,5-8,11-18H2,1H3. The monoisotopic (exact) mass is 467 g/mol. The van der Waals surface area contributed by atoms with Crippen LogP contribution >= 0.6 is 0 Å². The zero-order valence-electron chi connectivity index (χ0n) is 20.2. The van der Waals surface area contributed by atoms with E-state index in [-0.39, 0.29) is 35.6 Å². The molecule has 3 unspecified atom stereocenters. The van der Waals surface area contributed by atoms with Gasteiger partial charge in [-0.25, -0.2) is 10.4 Å². The molecule has 3 atom stereocenters. The lowest BCUT2D eigenvalue weighted by atomic mass is 9.84. The van der Waals surface area contributed by atoms with E-state index in [9.17, 15) is 14.4 Å². The second-order valence-corrected chi connectivity index (χ2v) is 10.5. The highest BCUT2D eigenvalue weighted by Crippen LogP contribution is 2.32. The average Bonchev–Trinajstić information content (AvgIpc) is 3.50. The number of fused-ring (bicyclic) bond motifs is 1. The van der Waals surface area contributed by atoms with Crippen molar-refractivity contribution < 1.29 is 14.4 Å². The van der Waals surface area contributed by atoms with Gasteiger partial charge in [-0.3, -0.25) is 14.4 Å². The molecule has 1 N–H and O–H groups in total. The summed E-state index contributed by atoms with van der Waals surface area (Å²) in [5.74, 6) is 0.545. The Morgan fingerprint density at radius 3 is 2.35 bits per heavy atom. The van der Waals surface area contributed by atoms with Gasteiger partial charge in [0, 0.05) is 45.7 Å². The first-order valence-corrected chi connectivity index (χ1v) is 12.9. The smallest absolute Gasteiger partial charge is 0.247 e. The van der Waals surface area contributed by atoms with E-state index in [1.54, 1.807) is 5.01 Å². The molecule has 4 fully saturated rings. The number of rotatable bonds is 5. The molecule has 8 nitrogen and oxygen atoms in total. The number of carbonyl (C=O) groups excluding carboxylic acids is 3. The summed E-state index contributed by atoms with van der Waals surface area (Å²) >= 11 is 0. The fraction of sp³-hybridized carbons (Fsp3) is 0.654. The number of benzene rings is 1. The fourth-order valence-corrected chi connectivity index (χ4v) is 6.25. The number of likely N-dealkylation sites (tertiary alicyclic amines) is 1. The SMILES string of the molecule is CN1CC(C(=O)N2CCN(C(=O)CCC3CCCC3)CC2)C2NN(c3ccccc3)C(=O)C2C1. The number of carbonyl (C=O) groups is 3. The summed E-state index contributed by atoms with van der Waals surface area (Å²) in [6.45, 7) is 3.63. The van der Waals surface area contributed by atoms with Crippen molar-refractivity contribution in [2.75, 3.05) is 51.3 Å². The van der Waals surface area contributed by atoms with Crippen LogP contribution in [0.5, 0.6) is 0 Å². The number of piperazine rings is 1. The summed E-state index contributed by atoms with van der Waals surface area (Å²) in [4.78, 5) is 45.4. The molecule has 3 saturated heterocycles. The Bertz CT molecular complexity index is 895. The first kappa shape index (κ1) is 23.3. The van der Waals surface area contributed by atoms with Gasteiger partial charge < -0.3 is 14.7 Å². The second kappa shape index (κ2) is 10.0. The number of anilines is 1. The maximum atomic E-state index is 13.6. The summed E-state index contributed by atoms with van der Waals surface area (Å²) in [6, 6.07) is 9.36. The van der Waals surface area contributed by atoms with Gasteiger partial charge in [-0.1, -0.05) is 43.9 Å². The van der Waals surface area contributed by atoms with Crippen molar-refractivity contribution in [2.24, 2.45) is 17.8 Å². The maximum Gasteiger partial charge on any atom is 0.247 e. The third-order valence-electron chi connectivity index (χ3n) is 8.22. The van der Waals surface area contributed by atoms with E-state index in [1.807, 2.05) is 47.2 Å². The van der Waals surface area contributed by atoms with Crippen LogP contribution in [-0.2, 0) is 14.4 Å². The molecule has 1 aliphatic carbocycles. The molecule has 1 aromatic carbocycles. The Morgan fingerprint density at radius 1 is 0.971 bits per heavy atom. The fourth-order valence-electron chi connectivity index (χ4n) is 6.25. The van der Waals surface area contributed by atoms with Crippen molar-refractivity contribution >= 4 is 23.4 Å². The molecule has 184 valence electrons. The lowest BCUT2D eigenvalue weighted by Gasteiger charge is -2.41. The van der Waals surface area contributed by atoms with Crippen LogP contribution in [0.2, 0.25) is 0 Å². The molecule has 3 heterocycles. The van der Waals surface area contributed by atoms with E-state index in [1.165, 1.54) is 25.7 Å². The molecule has 3 aliphatic heterocycles. The van der Waals surface area contributed by atoms with Crippen LogP contribution < -0.4 is 10.4 Å². The average molecular weight is 468 g/mol. The summed E-state index contributed by atoms with van der Waals surface area (Å²) in [5, 5.41) is 1.62. The van der Waals surface area contributed by atoms with Crippen LogP contribution in [0.4, 0.5) is 5.69 Å². The highest BCUT2D eigenvalue weighted by atomic mass is 16.2. The van der Waals surface area contributed by atoms with Crippen molar-refractivity contribution in [3.63, 3.8) is 0 Å². The maximum absolute atomic E-state index is 13.6. The number of amides is 3. The molecule has 0 spiro atoms. The van der Waals surface area contributed by atoms with Gasteiger partial charge in [0.25, 0.3) is 0 Å². The molecule has 4 aliphatic rings. The van der Waals surface area contributed by atoms with Crippen molar-refractivity contribution in [1.29, 1.82) is 0 Å². The molecule has 0 radical (unpaired) electrons. The molecule has 1 saturated carbocycles. The largest absolute Gasteiger partial charge is 0.339 e. The van der Waals surface area contributed by atoms with Crippen LogP contribution in [0, 0.1) is 17.8 Å². The Morgan fingerprint density at radius 2 is 1.65 bits per heavy atom. The predicted octanol–water partition coefficient (Wildman–Crippen LogP) is 1.73. The molecule has 34 heavy (non-hydrogen) atoms. The minimum Gasteiger partial charge on any atom is -0.339 e. The summed E-state index contributed by atoms with van der Waals surface area (Å²) < 4.78 is 0. The number of hydrogen-bond acceptors (Lipinski definition) is 5. The molecule has 8 heteroatoms. The number of nitrogens with zero attached hydrogens (tertiary/aromatic N) is 4. The zero-order valence-corrected chi connectivity index (χ0v) is 20.2. The lowest BCUT2D eigenvalue weighted by Crippen LogP contribution is -2.59. The van der Waals surface area contributed by atoms with Crippen LogP contribution in [0.1, 0.15) is 38.5 Å². The van der Waals surface area contributed by atoms with Gasteiger partial charge in [-0.2, -0.15) is 0 Å². The topological polar surface area (TPSA) is 76.2 Å². The van der Waals surface area contributed by atoms with Crippen molar-refractivity contribution in [2.45, 2.75) is 44.6 Å². The third kappa shape index (κ3) is 4.70. The Kier molecular flexibility index (Phi) is 6.88. The van der Waals surface area contributed by atoms with Gasteiger partial charge in [0.05, 0.1) is 23.6 Å². The van der Waals surface area contributed by atoms with E-state index in [2.05, 4.69) is 10.3 Å². The number of hydrogen-bond donors (Lipinski definition) is 1. The predicted molar refractivity (Wildman–Crippen MR) is 130 cm³/mol. The molecule has 0 aromatic heterocycles. The highest BCUT2D eigenvalue weighted by molar-refractivity contribution is 5.98. The van der Waals surface area contributed by atoms with Crippen molar-refractivity contribution in [3.05, 3.63) is 30.3 Å². The minimum absolute atomic E-state index is 0.0261. The Hall–Kier alpha value is -2.45. The number of para-hydroxylation sites is 1. The van der Waals surface area contributed by atoms with Crippen LogP contribution in [0.25, 0.3) is 0 Å². The normalized spacial score (nSPS) is 28.4. The van der Waals surface area contributed by atoms with Gasteiger partial charge in [0.2, 0.25) is 17.7 Å². The molecule has 0 bridgehead atoms. The van der Waals surface area contributed by atoms with E-state index < -0.39 is 0 Å². The molecule has 5 rings (SSSR count). The lowest BCUT2D eigenvalue weighted by molar-refractivity contribution is -0.144. The molecule has 1 aromatic rings. The summed E-state index contributed by atoms with van der Waals surface area (Å²) in [6.07, 6.45) is 6.80. The van der Waals surface area contributed by atoms with Crippen LogP contribution in [0.3, 0.4) is 0 Å². The highest BCUT2D eigenvalue weighted by Gasteiger charge is 2.51. The van der Waals surface area contributed by atoms with Gasteiger partial charge in [0.1, 0.15) is 0 Å². The van der Waals surface area contributed by atoms with E-state index in [0.29, 0.717) is 45.7 Å². The first-order valence-electron chi connectivity index (χ1n) is 12.9. The quantitative estimate of drug-likeness (QED) is 0.714. The summed E-state index contributed by atoms with van der Waals surface area (Å²) in [5.41, 5.74) is 4.17. The number of nitrogens with one attached hydrogen (secondary N) is 1. The first-order chi connectivity index (χ1) is 16.5. The number of hydrazine groups is 1. The van der Waals surface area contributed by atoms with Crippen molar-refractivity contribution in [3.8, 4) is 0 Å². The van der Waals surface area contributed by atoms with Crippen LogP contribution in [0.15, 0.2) is 30.3 Å². The second-order valence-electron chi connectivity index (χ2n) is 10.5. The van der Waals surface area contributed by atoms with E-state index >= 15 is 0 Å². The van der Waals surface area contributed by atoms with Gasteiger partial charge in [-0.15, -0.1) is 0 Å². The molecular weight excluding hydrogens is 430 g/mol. The molecule has 3 amide bonds. The van der Waals surface area contributed by atoms with E-state index in [0.717, 1.165) is 18.0 Å². The van der Waals surface area contributed by atoms with E-state index in [4.69, 9.17) is 0 Å². The number of piperidine rings is 1. The van der Waals surface area contributed by atoms with Crippen LogP contribution in [-0.4, -0.2) is 84.8 Å². The van der Waals surface area contributed by atoms with Gasteiger partial charge >= 0.3 is 0 Å². The van der Waals surface area contributed by atoms with Gasteiger partial charge in [-0.05, 0) is 31.5 Å². The minimum atomic E-state index is -0.286. The molecular formula is C26H37N5O3. The van der Waals surface area contributed by atoms with Crippen molar-refractivity contribution in [1.82, 2.24) is 20.1 Å². The summed E-state index contributed by atoms with van der Waals surface area (Å²) in [7, 11) is 1.98. The zero-order chi connectivity index (χ0) is 23.7. The van der Waals surface area contributed by atoms with Gasteiger partial charge in [0.15, 0.2) is 0 Å². The third-order valence-corrected chi connectivity index (χ3v) is 8.22. The Labute approximate surface area is 202 Å².